The lowest BCUT2D eigenvalue weighted by molar-refractivity contribution is 0.414. The Kier molecular flexibility index (Phi) is 2.71. The van der Waals surface area contributed by atoms with Gasteiger partial charge in [-0.3, -0.25) is 0 Å². The predicted octanol–water partition coefficient (Wildman–Crippen LogP) is 1.18. The van der Waals surface area contributed by atoms with Gasteiger partial charge in [-0.05, 0) is 19.1 Å². The third kappa shape index (κ3) is 1.63. The first-order valence-electron chi connectivity index (χ1n) is 5.09. The van der Waals surface area contributed by atoms with Crippen molar-refractivity contribution < 1.29 is 13.2 Å². The van der Waals surface area contributed by atoms with Crippen molar-refractivity contribution in [2.24, 2.45) is 0 Å². The van der Waals surface area contributed by atoms with Crippen LogP contribution in [0.4, 0.5) is 5.69 Å². The van der Waals surface area contributed by atoms with Gasteiger partial charge in [-0.1, -0.05) is 6.07 Å². The van der Waals surface area contributed by atoms with Crippen molar-refractivity contribution in [3.05, 3.63) is 18.2 Å². The van der Waals surface area contributed by atoms with Crippen LogP contribution in [0.1, 0.15) is 6.92 Å². The second-order valence-corrected chi connectivity index (χ2v) is 5.90. The van der Waals surface area contributed by atoms with E-state index in [0.29, 0.717) is 11.4 Å². The summed E-state index contributed by atoms with van der Waals surface area (Å²) < 4.78 is 29.5. The van der Waals surface area contributed by atoms with Gasteiger partial charge in [0, 0.05) is 0 Å². The third-order valence-electron chi connectivity index (χ3n) is 2.80. The van der Waals surface area contributed by atoms with E-state index in [4.69, 9.17) is 10.00 Å². The maximum absolute atomic E-state index is 12.2. The molecule has 1 aromatic rings. The number of sulfone groups is 1. The Balaban J connectivity index is 2.71. The topological polar surface area (TPSA) is 79.2 Å². The van der Waals surface area contributed by atoms with Crippen molar-refractivity contribution in [2.75, 3.05) is 12.4 Å². The van der Waals surface area contributed by atoms with E-state index in [2.05, 4.69) is 5.32 Å². The zero-order valence-electron chi connectivity index (χ0n) is 9.47. The lowest BCUT2D eigenvalue weighted by atomic mass is 10.2. The molecule has 0 aliphatic carbocycles. The molecule has 0 bridgehead atoms. The summed E-state index contributed by atoms with van der Waals surface area (Å²) >= 11 is 0. The molecule has 1 N–H and O–H groups in total. The van der Waals surface area contributed by atoms with Crippen LogP contribution in [0, 0.1) is 11.3 Å². The van der Waals surface area contributed by atoms with Crippen LogP contribution in [0.25, 0.3) is 0 Å². The maximum atomic E-state index is 12.2. The molecular weight excluding hydrogens is 240 g/mol. The van der Waals surface area contributed by atoms with E-state index in [1.54, 1.807) is 19.1 Å². The quantitative estimate of drug-likeness (QED) is 0.811. The molecule has 2 unspecified atom stereocenters. The fraction of sp³-hybridized carbons (Fsp3) is 0.364. The van der Waals surface area contributed by atoms with Crippen LogP contribution < -0.4 is 10.1 Å². The molecule has 2 atom stereocenters. The van der Waals surface area contributed by atoms with Gasteiger partial charge in [0.25, 0.3) is 0 Å². The molecule has 0 saturated carbocycles. The SMILES string of the molecule is COc1cccc2c1NC(C)C(C#N)S2(=O)=O. The fourth-order valence-electron chi connectivity index (χ4n) is 1.95. The number of hydrogen-bond donors (Lipinski definition) is 1. The number of nitrogens with one attached hydrogen (secondary N) is 1. The highest BCUT2D eigenvalue weighted by Crippen LogP contribution is 2.38. The average molecular weight is 252 g/mol. The molecule has 5 nitrogen and oxygen atoms in total. The van der Waals surface area contributed by atoms with Crippen molar-refractivity contribution in [3.63, 3.8) is 0 Å². The van der Waals surface area contributed by atoms with Gasteiger partial charge >= 0.3 is 0 Å². The summed E-state index contributed by atoms with van der Waals surface area (Å²) in [6, 6.07) is 6.13. The monoisotopic (exact) mass is 252 g/mol. The number of hydrogen-bond acceptors (Lipinski definition) is 5. The molecule has 2 rings (SSSR count). The standard InChI is InChI=1S/C11H12N2O3S/c1-7-10(6-12)17(14,15)9-5-3-4-8(16-2)11(9)13-7/h3-5,7,10,13H,1-2H3. The molecule has 1 heterocycles. The van der Waals surface area contributed by atoms with Crippen molar-refractivity contribution in [1.29, 1.82) is 5.26 Å². The number of para-hydroxylation sites is 1. The number of nitrogens with zero attached hydrogens (tertiary/aromatic N) is 1. The number of ether oxygens (including phenoxy) is 1. The number of benzene rings is 1. The van der Waals surface area contributed by atoms with Crippen LogP contribution in [0.2, 0.25) is 0 Å². The third-order valence-corrected chi connectivity index (χ3v) is 4.94. The van der Waals surface area contributed by atoms with Crippen LogP contribution in [0.15, 0.2) is 23.1 Å². The van der Waals surface area contributed by atoms with Crippen LogP contribution in [-0.4, -0.2) is 26.8 Å². The maximum Gasteiger partial charge on any atom is 0.198 e. The first-order valence-corrected chi connectivity index (χ1v) is 6.64. The van der Waals surface area contributed by atoms with E-state index >= 15 is 0 Å². The van der Waals surface area contributed by atoms with Gasteiger partial charge in [0.2, 0.25) is 0 Å². The first kappa shape index (κ1) is 11.7. The molecular formula is C11H12N2O3S. The number of methoxy groups -OCH3 is 1. The smallest absolute Gasteiger partial charge is 0.198 e. The molecule has 1 aliphatic rings. The Morgan fingerprint density at radius 1 is 1.47 bits per heavy atom. The van der Waals surface area contributed by atoms with Gasteiger partial charge in [-0.15, -0.1) is 0 Å². The minimum atomic E-state index is -3.62. The van der Waals surface area contributed by atoms with E-state index in [1.807, 2.05) is 6.07 Å². The molecule has 0 spiro atoms. The number of fused-ring (bicyclic) bond motifs is 1. The molecule has 0 aromatic heterocycles. The normalized spacial score (nSPS) is 25.2. The Bertz CT molecular complexity index is 589. The van der Waals surface area contributed by atoms with Gasteiger partial charge < -0.3 is 10.1 Å². The molecule has 90 valence electrons. The number of anilines is 1. The summed E-state index contributed by atoms with van der Waals surface area (Å²) in [6.07, 6.45) is 0. The van der Waals surface area contributed by atoms with E-state index < -0.39 is 21.1 Å². The molecule has 1 aromatic carbocycles. The Hall–Kier alpha value is -1.74. The average Bonchev–Trinajstić information content (AvgIpc) is 2.28. The molecule has 17 heavy (non-hydrogen) atoms. The van der Waals surface area contributed by atoms with Crippen LogP contribution in [0.5, 0.6) is 5.75 Å². The second-order valence-electron chi connectivity index (χ2n) is 3.86. The summed E-state index contributed by atoms with van der Waals surface area (Å²) in [5, 5.41) is 10.9. The highest BCUT2D eigenvalue weighted by Gasteiger charge is 2.39. The largest absolute Gasteiger partial charge is 0.495 e. The fourth-order valence-corrected chi connectivity index (χ4v) is 3.68. The summed E-state index contributed by atoms with van der Waals surface area (Å²) in [5.74, 6) is 0.467. The van der Waals surface area contributed by atoms with Crippen LogP contribution in [-0.2, 0) is 9.84 Å². The highest BCUT2D eigenvalue weighted by atomic mass is 32.2. The summed E-state index contributed by atoms with van der Waals surface area (Å²) in [7, 11) is -2.14. The van der Waals surface area contributed by atoms with Crippen LogP contribution >= 0.6 is 0 Å². The first-order chi connectivity index (χ1) is 8.02. The van der Waals surface area contributed by atoms with Crippen molar-refractivity contribution in [2.45, 2.75) is 23.1 Å². The van der Waals surface area contributed by atoms with Gasteiger partial charge in [-0.25, -0.2) is 8.42 Å². The lowest BCUT2D eigenvalue weighted by Crippen LogP contribution is -2.41. The molecule has 6 heteroatoms. The Labute approximate surface area is 99.9 Å². The van der Waals surface area contributed by atoms with Gasteiger partial charge in [0.15, 0.2) is 15.1 Å². The minimum absolute atomic E-state index is 0.126. The molecule has 0 fully saturated rings. The summed E-state index contributed by atoms with van der Waals surface area (Å²) in [5.41, 5.74) is 0.439. The van der Waals surface area contributed by atoms with Gasteiger partial charge in [0.05, 0.1) is 29.8 Å². The summed E-state index contributed by atoms with van der Waals surface area (Å²) in [4.78, 5) is 0.126. The van der Waals surface area contributed by atoms with E-state index in [-0.39, 0.29) is 4.90 Å². The highest BCUT2D eigenvalue weighted by molar-refractivity contribution is 7.92. The predicted molar refractivity (Wildman–Crippen MR) is 62.7 cm³/mol. The Morgan fingerprint density at radius 2 is 2.18 bits per heavy atom. The molecule has 1 aliphatic heterocycles. The molecule has 0 amide bonds. The number of rotatable bonds is 1. The lowest BCUT2D eigenvalue weighted by Gasteiger charge is -2.29. The minimum Gasteiger partial charge on any atom is -0.495 e. The van der Waals surface area contributed by atoms with Crippen molar-refractivity contribution in [1.82, 2.24) is 0 Å². The van der Waals surface area contributed by atoms with E-state index in [0.717, 1.165) is 0 Å². The van der Waals surface area contributed by atoms with Gasteiger partial charge in [0.1, 0.15) is 5.75 Å². The zero-order valence-corrected chi connectivity index (χ0v) is 10.3. The van der Waals surface area contributed by atoms with Crippen molar-refractivity contribution in [3.8, 4) is 11.8 Å². The van der Waals surface area contributed by atoms with Crippen LogP contribution in [0.3, 0.4) is 0 Å². The number of nitriles is 1. The second kappa shape index (κ2) is 3.93. The zero-order chi connectivity index (χ0) is 12.6. The molecule has 0 saturated heterocycles. The van der Waals surface area contributed by atoms with Crippen molar-refractivity contribution >= 4 is 15.5 Å². The van der Waals surface area contributed by atoms with E-state index in [1.165, 1.54) is 13.2 Å². The van der Waals surface area contributed by atoms with E-state index in [9.17, 15) is 8.42 Å². The van der Waals surface area contributed by atoms with Gasteiger partial charge in [-0.2, -0.15) is 5.26 Å². The Morgan fingerprint density at radius 3 is 2.76 bits per heavy atom. The molecule has 0 radical (unpaired) electrons. The summed E-state index contributed by atoms with van der Waals surface area (Å²) in [6.45, 7) is 1.67.